The summed E-state index contributed by atoms with van der Waals surface area (Å²) < 4.78 is 5.65. The maximum Gasteiger partial charge on any atom is 0.323 e. The second-order valence-electron chi connectivity index (χ2n) is 5.38. The Morgan fingerprint density at radius 2 is 1.81 bits per heavy atom. The Morgan fingerprint density at radius 1 is 1.10 bits per heavy atom. The van der Waals surface area contributed by atoms with Crippen LogP contribution in [0.15, 0.2) is 0 Å². The lowest BCUT2D eigenvalue weighted by atomic mass is 10.2. The molecule has 6 nitrogen and oxygen atoms in total. The molecule has 0 saturated carbocycles. The number of hydrogen-bond acceptors (Lipinski definition) is 6. The lowest BCUT2D eigenvalue weighted by Crippen LogP contribution is -2.34. The van der Waals surface area contributed by atoms with Gasteiger partial charge in [0.25, 0.3) is 0 Å². The van der Waals surface area contributed by atoms with E-state index in [0.717, 1.165) is 25.9 Å². The van der Waals surface area contributed by atoms with Crippen molar-refractivity contribution in [1.82, 2.24) is 15.0 Å². The van der Waals surface area contributed by atoms with E-state index in [4.69, 9.17) is 4.74 Å². The highest BCUT2D eigenvalue weighted by Crippen LogP contribution is 2.19. The fourth-order valence-electron chi connectivity index (χ4n) is 1.92. The molecular formula is C15H29N5O. The molecule has 0 aliphatic carbocycles. The minimum Gasteiger partial charge on any atom is -0.461 e. The first-order valence-corrected chi connectivity index (χ1v) is 7.94. The maximum atomic E-state index is 5.65. The molecule has 1 unspecified atom stereocenters. The van der Waals surface area contributed by atoms with E-state index in [1.165, 1.54) is 0 Å². The fourth-order valence-corrected chi connectivity index (χ4v) is 1.92. The van der Waals surface area contributed by atoms with Crippen molar-refractivity contribution in [3.63, 3.8) is 0 Å². The average Bonchev–Trinajstić information content (AvgIpc) is 2.44. The van der Waals surface area contributed by atoms with Crippen molar-refractivity contribution in [2.75, 3.05) is 23.3 Å². The Balaban J connectivity index is 3.09. The molecule has 0 aliphatic heterocycles. The van der Waals surface area contributed by atoms with Crippen LogP contribution in [-0.4, -0.2) is 40.2 Å². The third-order valence-electron chi connectivity index (χ3n) is 3.20. The van der Waals surface area contributed by atoms with Crippen LogP contribution in [-0.2, 0) is 0 Å². The summed E-state index contributed by atoms with van der Waals surface area (Å²) in [5.74, 6) is 1.26. The molecule has 1 aromatic rings. The minimum absolute atomic E-state index is 0.0398. The Hall–Kier alpha value is -1.59. The van der Waals surface area contributed by atoms with Gasteiger partial charge < -0.3 is 15.0 Å². The normalized spacial score (nSPS) is 12.3. The summed E-state index contributed by atoms with van der Waals surface area (Å²) in [6.45, 7) is 14.2. The average molecular weight is 295 g/mol. The lowest BCUT2D eigenvalue weighted by molar-refractivity contribution is 0.222. The molecule has 0 aromatic carbocycles. The molecule has 120 valence electrons. The van der Waals surface area contributed by atoms with E-state index < -0.39 is 0 Å². The molecule has 1 N–H and O–H groups in total. The molecular weight excluding hydrogens is 266 g/mol. The van der Waals surface area contributed by atoms with Crippen molar-refractivity contribution in [2.24, 2.45) is 0 Å². The molecule has 0 radical (unpaired) electrons. The molecule has 0 fully saturated rings. The Kier molecular flexibility index (Phi) is 7.19. The first-order valence-electron chi connectivity index (χ1n) is 7.94. The number of nitrogens with one attached hydrogen (secondary N) is 1. The van der Waals surface area contributed by atoms with Crippen LogP contribution in [0.3, 0.4) is 0 Å². The monoisotopic (exact) mass is 295 g/mol. The van der Waals surface area contributed by atoms with Gasteiger partial charge in [-0.2, -0.15) is 15.0 Å². The molecule has 1 rings (SSSR count). The zero-order valence-electron chi connectivity index (χ0n) is 14.2. The lowest BCUT2D eigenvalue weighted by Gasteiger charge is -2.27. The molecule has 0 spiro atoms. The highest BCUT2D eigenvalue weighted by Gasteiger charge is 2.17. The minimum atomic E-state index is 0.0398. The first kappa shape index (κ1) is 17.5. The molecule has 21 heavy (non-hydrogen) atoms. The van der Waals surface area contributed by atoms with E-state index in [2.05, 4.69) is 52.9 Å². The third kappa shape index (κ3) is 5.36. The van der Waals surface area contributed by atoms with Gasteiger partial charge in [-0.15, -0.1) is 0 Å². The van der Waals surface area contributed by atoms with E-state index in [9.17, 15) is 0 Å². The van der Waals surface area contributed by atoms with Crippen LogP contribution in [0.1, 0.15) is 54.4 Å². The van der Waals surface area contributed by atoms with E-state index in [1.807, 2.05) is 13.8 Å². The summed E-state index contributed by atoms with van der Waals surface area (Å²) in [6, 6.07) is 0.763. The second-order valence-corrected chi connectivity index (χ2v) is 5.38. The predicted octanol–water partition coefficient (Wildman–Crippen LogP) is 3.11. The van der Waals surface area contributed by atoms with Gasteiger partial charge in [-0.3, -0.25) is 0 Å². The van der Waals surface area contributed by atoms with Gasteiger partial charge in [0.1, 0.15) is 0 Å². The van der Waals surface area contributed by atoms with Gasteiger partial charge in [0, 0.05) is 19.1 Å². The molecule has 0 bridgehead atoms. The summed E-state index contributed by atoms with van der Waals surface area (Å²) in [6.07, 6.45) is 2.10. The van der Waals surface area contributed by atoms with Crippen LogP contribution >= 0.6 is 0 Å². The molecule has 6 heteroatoms. The molecule has 0 amide bonds. The highest BCUT2D eigenvalue weighted by molar-refractivity contribution is 5.39. The van der Waals surface area contributed by atoms with Gasteiger partial charge in [-0.05, 0) is 40.5 Å². The number of nitrogens with zero attached hydrogens (tertiary/aromatic N) is 4. The summed E-state index contributed by atoms with van der Waals surface area (Å²) in [5.41, 5.74) is 0. The van der Waals surface area contributed by atoms with Gasteiger partial charge in [0.2, 0.25) is 11.9 Å². The SMILES string of the molecule is CCCNc1nc(OC(C)C)nc(N(CC)C(C)CC)n1. The summed E-state index contributed by atoms with van der Waals surface area (Å²) in [5, 5.41) is 3.22. The standard InChI is InChI=1S/C15H29N5O/c1-7-10-16-13-17-14(20(9-3)12(6)8-2)19-15(18-13)21-11(4)5/h11-12H,7-10H2,1-6H3,(H,16,17,18,19). The van der Waals surface area contributed by atoms with Crippen LogP contribution in [0.4, 0.5) is 11.9 Å². The van der Waals surface area contributed by atoms with Crippen LogP contribution in [0.2, 0.25) is 0 Å². The topological polar surface area (TPSA) is 63.2 Å². The van der Waals surface area contributed by atoms with Gasteiger partial charge in [0.05, 0.1) is 6.10 Å². The summed E-state index contributed by atoms with van der Waals surface area (Å²) >= 11 is 0. The largest absolute Gasteiger partial charge is 0.461 e. The molecule has 0 aliphatic rings. The zero-order valence-corrected chi connectivity index (χ0v) is 14.2. The summed E-state index contributed by atoms with van der Waals surface area (Å²) in [7, 11) is 0. The molecule has 1 heterocycles. The molecule has 1 aromatic heterocycles. The predicted molar refractivity (Wildman–Crippen MR) is 87.1 cm³/mol. The number of rotatable bonds is 9. The van der Waals surface area contributed by atoms with Crippen molar-refractivity contribution >= 4 is 11.9 Å². The van der Waals surface area contributed by atoms with Crippen molar-refractivity contribution < 1.29 is 4.74 Å². The fraction of sp³-hybridized carbons (Fsp3) is 0.800. The van der Waals surface area contributed by atoms with Crippen LogP contribution in [0.25, 0.3) is 0 Å². The Labute approximate surface area is 128 Å². The van der Waals surface area contributed by atoms with Crippen LogP contribution in [0.5, 0.6) is 6.01 Å². The van der Waals surface area contributed by atoms with Gasteiger partial charge in [0.15, 0.2) is 0 Å². The maximum absolute atomic E-state index is 5.65. The van der Waals surface area contributed by atoms with Gasteiger partial charge in [-0.1, -0.05) is 13.8 Å². The molecule has 0 saturated heterocycles. The zero-order chi connectivity index (χ0) is 15.8. The van der Waals surface area contributed by atoms with Crippen molar-refractivity contribution in [2.45, 2.75) is 66.5 Å². The van der Waals surface area contributed by atoms with Crippen molar-refractivity contribution in [3.05, 3.63) is 0 Å². The van der Waals surface area contributed by atoms with Crippen molar-refractivity contribution in [3.8, 4) is 6.01 Å². The number of hydrogen-bond donors (Lipinski definition) is 1. The van der Waals surface area contributed by atoms with Gasteiger partial charge >= 0.3 is 6.01 Å². The van der Waals surface area contributed by atoms with Crippen molar-refractivity contribution in [1.29, 1.82) is 0 Å². The second kappa shape index (κ2) is 8.64. The quantitative estimate of drug-likeness (QED) is 0.755. The highest BCUT2D eigenvalue weighted by atomic mass is 16.5. The smallest absolute Gasteiger partial charge is 0.323 e. The first-order chi connectivity index (χ1) is 10.0. The van der Waals surface area contributed by atoms with Crippen LogP contribution < -0.4 is 15.0 Å². The number of ether oxygens (including phenoxy) is 1. The molecule has 1 atom stereocenters. The third-order valence-corrected chi connectivity index (χ3v) is 3.20. The Morgan fingerprint density at radius 3 is 2.33 bits per heavy atom. The van der Waals surface area contributed by atoms with Crippen LogP contribution in [0, 0.1) is 0 Å². The number of aromatic nitrogens is 3. The van der Waals surface area contributed by atoms with E-state index in [0.29, 0.717) is 23.9 Å². The van der Waals surface area contributed by atoms with E-state index in [1.54, 1.807) is 0 Å². The number of anilines is 2. The van der Waals surface area contributed by atoms with E-state index in [-0.39, 0.29) is 6.10 Å². The Bertz CT molecular complexity index is 425. The van der Waals surface area contributed by atoms with E-state index >= 15 is 0 Å². The summed E-state index contributed by atoms with van der Waals surface area (Å²) in [4.78, 5) is 15.5. The van der Waals surface area contributed by atoms with Gasteiger partial charge in [-0.25, -0.2) is 0 Å².